The Bertz CT molecular complexity index is 1310. The Morgan fingerprint density at radius 1 is 1.11 bits per heavy atom. The van der Waals surface area contributed by atoms with Gasteiger partial charge in [-0.15, -0.1) is 0 Å². The Morgan fingerprint density at radius 2 is 1.86 bits per heavy atom. The van der Waals surface area contributed by atoms with E-state index in [4.69, 9.17) is 4.42 Å². The standard InChI is InChI=1S/C20H16N4O4/c1-10-3-5-12(6-4-10)22-20-23-17-16(18(26)24-20)13(7-8-21-17)15-14(25)9-11(2)28-19(15)27/h3-9,25H,1-2H3,(H2,21,22,23,24,26). The normalized spacial score (nSPS) is 10.9. The third-order valence-corrected chi connectivity index (χ3v) is 4.25. The summed E-state index contributed by atoms with van der Waals surface area (Å²) in [5.74, 6) is 0.204. The second kappa shape index (κ2) is 6.66. The van der Waals surface area contributed by atoms with Crippen LogP contribution in [0.1, 0.15) is 11.3 Å². The van der Waals surface area contributed by atoms with E-state index in [0.29, 0.717) is 0 Å². The highest BCUT2D eigenvalue weighted by Gasteiger charge is 2.18. The molecule has 0 aliphatic rings. The molecule has 0 radical (unpaired) electrons. The molecule has 28 heavy (non-hydrogen) atoms. The van der Waals surface area contributed by atoms with Gasteiger partial charge in [-0.05, 0) is 32.0 Å². The SMILES string of the molecule is Cc1ccc(Nc2nc3nccc(-c4c(O)cc(C)oc4=O)c3c(=O)[nH]2)cc1. The molecule has 0 spiro atoms. The largest absolute Gasteiger partial charge is 0.507 e. The lowest BCUT2D eigenvalue weighted by Crippen LogP contribution is -2.14. The summed E-state index contributed by atoms with van der Waals surface area (Å²) in [6.45, 7) is 3.52. The number of benzene rings is 1. The van der Waals surface area contributed by atoms with Gasteiger partial charge in [-0.2, -0.15) is 4.98 Å². The average molecular weight is 376 g/mol. The number of aromatic nitrogens is 3. The van der Waals surface area contributed by atoms with Gasteiger partial charge in [0.2, 0.25) is 5.95 Å². The third kappa shape index (κ3) is 3.11. The summed E-state index contributed by atoms with van der Waals surface area (Å²) in [4.78, 5) is 36.1. The first-order chi connectivity index (χ1) is 13.4. The number of fused-ring (bicyclic) bond motifs is 1. The van der Waals surface area contributed by atoms with Crippen LogP contribution < -0.4 is 16.5 Å². The topological polar surface area (TPSA) is 121 Å². The van der Waals surface area contributed by atoms with Crippen molar-refractivity contribution in [3.63, 3.8) is 0 Å². The van der Waals surface area contributed by atoms with E-state index in [1.54, 1.807) is 6.92 Å². The number of hydrogen-bond donors (Lipinski definition) is 3. The molecule has 0 fully saturated rings. The monoisotopic (exact) mass is 376 g/mol. The van der Waals surface area contributed by atoms with Crippen molar-refractivity contribution in [1.82, 2.24) is 15.0 Å². The van der Waals surface area contributed by atoms with E-state index < -0.39 is 11.2 Å². The number of anilines is 2. The summed E-state index contributed by atoms with van der Waals surface area (Å²) in [6, 6.07) is 10.4. The fourth-order valence-corrected chi connectivity index (χ4v) is 2.95. The molecule has 0 saturated heterocycles. The van der Waals surface area contributed by atoms with E-state index >= 15 is 0 Å². The van der Waals surface area contributed by atoms with Gasteiger partial charge in [0.15, 0.2) is 5.65 Å². The van der Waals surface area contributed by atoms with Gasteiger partial charge in [0.25, 0.3) is 5.56 Å². The lowest BCUT2D eigenvalue weighted by Gasteiger charge is -2.09. The number of pyridine rings is 1. The molecule has 3 heterocycles. The van der Waals surface area contributed by atoms with Crippen molar-refractivity contribution in [3.8, 4) is 16.9 Å². The molecule has 4 aromatic rings. The Balaban J connectivity index is 1.87. The van der Waals surface area contributed by atoms with Crippen LogP contribution in [0.5, 0.6) is 5.75 Å². The van der Waals surface area contributed by atoms with Crippen LogP contribution in [0.3, 0.4) is 0 Å². The quantitative estimate of drug-likeness (QED) is 0.502. The number of nitrogens with zero attached hydrogens (tertiary/aromatic N) is 2. The summed E-state index contributed by atoms with van der Waals surface area (Å²) in [5, 5.41) is 13.3. The van der Waals surface area contributed by atoms with Gasteiger partial charge in [0, 0.05) is 23.5 Å². The van der Waals surface area contributed by atoms with E-state index in [-0.39, 0.29) is 39.6 Å². The summed E-state index contributed by atoms with van der Waals surface area (Å²) < 4.78 is 5.06. The van der Waals surface area contributed by atoms with Crippen LogP contribution in [0.25, 0.3) is 22.2 Å². The first kappa shape index (κ1) is 17.5. The fourth-order valence-electron chi connectivity index (χ4n) is 2.95. The van der Waals surface area contributed by atoms with Crippen LogP contribution in [0.4, 0.5) is 11.6 Å². The molecule has 0 unspecified atom stereocenters. The number of rotatable bonds is 3. The Hall–Kier alpha value is -3.94. The van der Waals surface area contributed by atoms with Crippen molar-refractivity contribution >= 4 is 22.7 Å². The number of aromatic amines is 1. The Kier molecular flexibility index (Phi) is 4.15. The van der Waals surface area contributed by atoms with E-state index in [1.807, 2.05) is 31.2 Å². The van der Waals surface area contributed by atoms with Crippen LogP contribution in [-0.4, -0.2) is 20.1 Å². The fraction of sp³-hybridized carbons (Fsp3) is 0.100. The minimum Gasteiger partial charge on any atom is -0.507 e. The zero-order valence-electron chi connectivity index (χ0n) is 15.1. The Labute approximate surface area is 158 Å². The second-order valence-corrected chi connectivity index (χ2v) is 6.37. The predicted molar refractivity (Wildman–Crippen MR) is 105 cm³/mol. The molecule has 3 aromatic heterocycles. The minimum absolute atomic E-state index is 0.0865. The minimum atomic E-state index is -0.744. The van der Waals surface area contributed by atoms with Crippen LogP contribution in [0, 0.1) is 13.8 Å². The maximum Gasteiger partial charge on any atom is 0.347 e. The van der Waals surface area contributed by atoms with Gasteiger partial charge in [-0.25, -0.2) is 9.78 Å². The van der Waals surface area contributed by atoms with Crippen LogP contribution >= 0.6 is 0 Å². The molecule has 0 aliphatic carbocycles. The van der Waals surface area contributed by atoms with Crippen LogP contribution in [0.15, 0.2) is 56.6 Å². The molecule has 1 aromatic carbocycles. The highest BCUT2D eigenvalue weighted by molar-refractivity contribution is 5.93. The lowest BCUT2D eigenvalue weighted by atomic mass is 10.0. The highest BCUT2D eigenvalue weighted by atomic mass is 16.4. The molecular formula is C20H16N4O4. The van der Waals surface area contributed by atoms with Gasteiger partial charge in [-0.1, -0.05) is 17.7 Å². The molecule has 8 heteroatoms. The molecule has 0 amide bonds. The average Bonchev–Trinajstić information content (AvgIpc) is 2.63. The highest BCUT2D eigenvalue weighted by Crippen LogP contribution is 2.29. The zero-order chi connectivity index (χ0) is 19.8. The summed E-state index contributed by atoms with van der Waals surface area (Å²) in [6.07, 6.45) is 1.42. The molecule has 0 bridgehead atoms. The third-order valence-electron chi connectivity index (χ3n) is 4.25. The van der Waals surface area contributed by atoms with Crippen molar-refractivity contribution in [2.45, 2.75) is 13.8 Å². The van der Waals surface area contributed by atoms with Gasteiger partial charge in [-0.3, -0.25) is 9.78 Å². The molecule has 4 rings (SSSR count). The number of hydrogen-bond acceptors (Lipinski definition) is 7. The van der Waals surface area contributed by atoms with Crippen molar-refractivity contribution in [3.05, 3.63) is 74.7 Å². The second-order valence-electron chi connectivity index (χ2n) is 6.37. The van der Waals surface area contributed by atoms with E-state index in [0.717, 1.165) is 11.3 Å². The van der Waals surface area contributed by atoms with Crippen LogP contribution in [-0.2, 0) is 0 Å². The van der Waals surface area contributed by atoms with E-state index in [1.165, 1.54) is 18.3 Å². The number of nitrogens with one attached hydrogen (secondary N) is 2. The van der Waals surface area contributed by atoms with E-state index in [9.17, 15) is 14.7 Å². The molecule has 0 atom stereocenters. The predicted octanol–water partition coefficient (Wildman–Crippen LogP) is 3.00. The first-order valence-corrected chi connectivity index (χ1v) is 8.49. The maximum atomic E-state index is 12.7. The van der Waals surface area contributed by atoms with Gasteiger partial charge < -0.3 is 14.8 Å². The van der Waals surface area contributed by atoms with Crippen molar-refractivity contribution in [2.24, 2.45) is 0 Å². The molecule has 3 N–H and O–H groups in total. The van der Waals surface area contributed by atoms with Crippen molar-refractivity contribution < 1.29 is 9.52 Å². The summed E-state index contributed by atoms with van der Waals surface area (Å²) >= 11 is 0. The van der Waals surface area contributed by atoms with Gasteiger partial charge in [0.1, 0.15) is 17.1 Å². The zero-order valence-corrected chi connectivity index (χ0v) is 15.1. The van der Waals surface area contributed by atoms with Crippen molar-refractivity contribution in [1.29, 1.82) is 0 Å². The molecular weight excluding hydrogens is 360 g/mol. The smallest absolute Gasteiger partial charge is 0.347 e. The molecule has 8 nitrogen and oxygen atoms in total. The number of aromatic hydroxyl groups is 1. The lowest BCUT2D eigenvalue weighted by molar-refractivity contribution is 0.438. The molecule has 0 aliphatic heterocycles. The molecule has 0 saturated carbocycles. The maximum absolute atomic E-state index is 12.7. The molecule has 140 valence electrons. The Morgan fingerprint density at radius 3 is 2.57 bits per heavy atom. The van der Waals surface area contributed by atoms with Gasteiger partial charge >= 0.3 is 5.63 Å². The summed E-state index contributed by atoms with van der Waals surface area (Å²) in [7, 11) is 0. The number of aryl methyl sites for hydroxylation is 2. The van der Waals surface area contributed by atoms with Crippen LogP contribution in [0.2, 0.25) is 0 Å². The van der Waals surface area contributed by atoms with Gasteiger partial charge in [0.05, 0.1) is 5.39 Å². The number of H-pyrrole nitrogens is 1. The van der Waals surface area contributed by atoms with E-state index in [2.05, 4.69) is 20.3 Å². The first-order valence-electron chi connectivity index (χ1n) is 8.49. The summed E-state index contributed by atoms with van der Waals surface area (Å²) in [5.41, 5.74) is 0.842. The van der Waals surface area contributed by atoms with Crippen molar-refractivity contribution in [2.75, 3.05) is 5.32 Å².